The number of hydrogen-bond donors (Lipinski definition) is 0. The minimum absolute atomic E-state index is 0.310. The molecule has 6 heteroatoms. The van der Waals surface area contributed by atoms with Crippen LogP contribution in [-0.2, 0) is 17.7 Å². The summed E-state index contributed by atoms with van der Waals surface area (Å²) in [5.41, 5.74) is 1.31. The van der Waals surface area contributed by atoms with E-state index in [1.54, 1.807) is 12.0 Å². The first-order chi connectivity index (χ1) is 8.90. The molecule has 0 aromatic carbocycles. The quantitative estimate of drug-likeness (QED) is 0.774. The van der Waals surface area contributed by atoms with E-state index >= 15 is 0 Å². The highest BCUT2D eigenvalue weighted by Crippen LogP contribution is 2.24. The van der Waals surface area contributed by atoms with Crippen molar-refractivity contribution in [3.05, 3.63) is 17.6 Å². The molecule has 104 valence electrons. The summed E-state index contributed by atoms with van der Waals surface area (Å²) in [6.07, 6.45) is 1.82. The van der Waals surface area contributed by atoms with Gasteiger partial charge in [-0.2, -0.15) is 0 Å². The molecular weight excluding hydrogens is 246 g/mol. The summed E-state index contributed by atoms with van der Waals surface area (Å²) in [6.45, 7) is 6.59. The molecule has 0 fully saturated rings. The molecule has 1 aromatic heterocycles. The number of nitrogens with zero attached hydrogens (tertiary/aromatic N) is 3. The van der Waals surface area contributed by atoms with Crippen LogP contribution in [-0.4, -0.2) is 40.2 Å². The van der Waals surface area contributed by atoms with Gasteiger partial charge in [-0.15, -0.1) is 0 Å². The normalized spacial score (nSPS) is 14.8. The topological polar surface area (TPSA) is 64.6 Å². The summed E-state index contributed by atoms with van der Waals surface area (Å²) >= 11 is 0. The summed E-state index contributed by atoms with van der Waals surface area (Å²) in [5, 5.41) is 0. The number of rotatable bonds is 1. The van der Waals surface area contributed by atoms with Crippen LogP contribution >= 0.6 is 0 Å². The first-order valence-corrected chi connectivity index (χ1v) is 6.25. The maximum Gasteiger partial charge on any atom is 0.410 e. The second-order valence-corrected chi connectivity index (χ2v) is 5.46. The van der Waals surface area contributed by atoms with Gasteiger partial charge in [0.25, 0.3) is 0 Å². The van der Waals surface area contributed by atoms with Gasteiger partial charge in [0.2, 0.25) is 5.88 Å². The molecule has 19 heavy (non-hydrogen) atoms. The number of ether oxygens (including phenoxy) is 2. The van der Waals surface area contributed by atoms with E-state index in [0.717, 1.165) is 11.3 Å². The Bertz CT molecular complexity index is 483. The number of carbonyl (C=O) groups excluding carboxylic acids is 1. The molecule has 0 bridgehead atoms. The van der Waals surface area contributed by atoms with Crippen LogP contribution < -0.4 is 4.74 Å². The predicted molar refractivity (Wildman–Crippen MR) is 68.9 cm³/mol. The van der Waals surface area contributed by atoms with Crippen LogP contribution in [0.5, 0.6) is 5.88 Å². The van der Waals surface area contributed by atoms with Gasteiger partial charge in [0.05, 0.1) is 19.3 Å². The second-order valence-electron chi connectivity index (χ2n) is 5.46. The van der Waals surface area contributed by atoms with Crippen LogP contribution in [0.25, 0.3) is 0 Å². The molecule has 1 amide bonds. The molecule has 2 heterocycles. The summed E-state index contributed by atoms with van der Waals surface area (Å²) in [6, 6.07) is 0. The maximum absolute atomic E-state index is 12.0. The lowest BCUT2D eigenvalue weighted by molar-refractivity contribution is 0.0219. The van der Waals surface area contributed by atoms with Crippen molar-refractivity contribution in [3.8, 4) is 5.88 Å². The fraction of sp³-hybridized carbons (Fsp3) is 0.615. The van der Waals surface area contributed by atoms with E-state index in [-0.39, 0.29) is 6.09 Å². The number of hydrogen-bond acceptors (Lipinski definition) is 5. The van der Waals surface area contributed by atoms with Crippen LogP contribution in [0.4, 0.5) is 4.79 Å². The molecule has 0 aliphatic carbocycles. The van der Waals surface area contributed by atoms with E-state index in [1.165, 1.54) is 6.33 Å². The fourth-order valence-corrected chi connectivity index (χ4v) is 1.98. The molecule has 2 rings (SSSR count). The third-order valence-corrected chi connectivity index (χ3v) is 2.81. The standard InChI is InChI=1S/C13H19N3O3/c1-13(2,3)19-12(17)16-6-5-9-10(7-16)14-8-15-11(9)18-4/h8H,5-7H2,1-4H3. The Morgan fingerprint density at radius 3 is 2.74 bits per heavy atom. The molecule has 0 saturated heterocycles. The molecule has 6 nitrogen and oxygen atoms in total. The average molecular weight is 265 g/mol. The molecule has 0 saturated carbocycles. The Balaban J connectivity index is 2.12. The molecule has 0 radical (unpaired) electrons. The van der Waals surface area contributed by atoms with Gasteiger partial charge < -0.3 is 14.4 Å². The molecule has 0 spiro atoms. The molecule has 1 aliphatic rings. The lowest BCUT2D eigenvalue weighted by atomic mass is 10.1. The number of methoxy groups -OCH3 is 1. The van der Waals surface area contributed by atoms with Crippen molar-refractivity contribution in [3.63, 3.8) is 0 Å². The van der Waals surface area contributed by atoms with E-state index in [2.05, 4.69) is 9.97 Å². The monoisotopic (exact) mass is 265 g/mol. The zero-order valence-electron chi connectivity index (χ0n) is 11.8. The summed E-state index contributed by atoms with van der Waals surface area (Å²) in [4.78, 5) is 21.9. The van der Waals surface area contributed by atoms with Crippen LogP contribution in [0.2, 0.25) is 0 Å². The Morgan fingerprint density at radius 1 is 1.37 bits per heavy atom. The zero-order chi connectivity index (χ0) is 14.0. The highest BCUT2D eigenvalue weighted by atomic mass is 16.6. The van der Waals surface area contributed by atoms with Crippen LogP contribution in [0, 0.1) is 0 Å². The van der Waals surface area contributed by atoms with Gasteiger partial charge in [-0.3, -0.25) is 0 Å². The van der Waals surface area contributed by atoms with Gasteiger partial charge >= 0.3 is 6.09 Å². The lowest BCUT2D eigenvalue weighted by Crippen LogP contribution is -2.40. The summed E-state index contributed by atoms with van der Waals surface area (Å²) < 4.78 is 10.6. The van der Waals surface area contributed by atoms with Crippen LogP contribution in [0.15, 0.2) is 6.33 Å². The molecule has 1 aromatic rings. The predicted octanol–water partition coefficient (Wildman–Crippen LogP) is 1.78. The number of carbonyl (C=O) groups is 1. The Morgan fingerprint density at radius 2 is 2.11 bits per heavy atom. The first kappa shape index (κ1) is 13.6. The fourth-order valence-electron chi connectivity index (χ4n) is 1.98. The van der Waals surface area contributed by atoms with E-state index in [4.69, 9.17) is 9.47 Å². The van der Waals surface area contributed by atoms with Gasteiger partial charge in [0, 0.05) is 12.1 Å². The van der Waals surface area contributed by atoms with Crippen LogP contribution in [0.3, 0.4) is 0 Å². The number of fused-ring (bicyclic) bond motifs is 1. The maximum atomic E-state index is 12.0. The summed E-state index contributed by atoms with van der Waals surface area (Å²) in [7, 11) is 1.59. The van der Waals surface area contributed by atoms with E-state index in [1.807, 2.05) is 20.8 Å². The Hall–Kier alpha value is -1.85. The van der Waals surface area contributed by atoms with Gasteiger partial charge in [0.15, 0.2) is 0 Å². The molecule has 1 aliphatic heterocycles. The smallest absolute Gasteiger partial charge is 0.410 e. The molecule has 0 atom stereocenters. The SMILES string of the molecule is COc1ncnc2c1CCN(C(=O)OC(C)(C)C)C2. The Kier molecular flexibility index (Phi) is 3.59. The van der Waals surface area contributed by atoms with Gasteiger partial charge in [-0.25, -0.2) is 14.8 Å². The van der Waals surface area contributed by atoms with Gasteiger partial charge in [-0.1, -0.05) is 0 Å². The minimum Gasteiger partial charge on any atom is -0.481 e. The third-order valence-electron chi connectivity index (χ3n) is 2.81. The zero-order valence-corrected chi connectivity index (χ0v) is 11.8. The molecule has 0 unspecified atom stereocenters. The van der Waals surface area contributed by atoms with Crippen molar-refractivity contribution in [1.82, 2.24) is 14.9 Å². The average Bonchev–Trinajstić information content (AvgIpc) is 2.35. The van der Waals surface area contributed by atoms with Crippen molar-refractivity contribution in [2.45, 2.75) is 39.3 Å². The highest BCUT2D eigenvalue weighted by molar-refractivity contribution is 5.68. The number of aromatic nitrogens is 2. The minimum atomic E-state index is -0.485. The van der Waals surface area contributed by atoms with E-state index in [0.29, 0.717) is 25.4 Å². The van der Waals surface area contributed by atoms with Crippen molar-refractivity contribution >= 4 is 6.09 Å². The largest absolute Gasteiger partial charge is 0.481 e. The van der Waals surface area contributed by atoms with Gasteiger partial charge in [0.1, 0.15) is 11.9 Å². The number of amides is 1. The highest BCUT2D eigenvalue weighted by Gasteiger charge is 2.28. The molecular formula is C13H19N3O3. The van der Waals surface area contributed by atoms with Crippen molar-refractivity contribution in [1.29, 1.82) is 0 Å². The van der Waals surface area contributed by atoms with Crippen molar-refractivity contribution in [2.24, 2.45) is 0 Å². The Labute approximate surface area is 112 Å². The van der Waals surface area contributed by atoms with E-state index in [9.17, 15) is 4.79 Å². The van der Waals surface area contributed by atoms with Crippen LogP contribution in [0.1, 0.15) is 32.0 Å². The lowest BCUT2D eigenvalue weighted by Gasteiger charge is -2.30. The third kappa shape index (κ3) is 3.13. The van der Waals surface area contributed by atoms with Crippen molar-refractivity contribution < 1.29 is 14.3 Å². The van der Waals surface area contributed by atoms with Crippen molar-refractivity contribution in [2.75, 3.05) is 13.7 Å². The molecule has 0 N–H and O–H groups in total. The van der Waals surface area contributed by atoms with Gasteiger partial charge in [-0.05, 0) is 27.2 Å². The first-order valence-electron chi connectivity index (χ1n) is 6.25. The summed E-state index contributed by atoms with van der Waals surface area (Å²) in [5.74, 6) is 0.592. The van der Waals surface area contributed by atoms with E-state index < -0.39 is 5.60 Å². The second kappa shape index (κ2) is 5.03.